The molecule has 1 aliphatic rings. The number of aromatic nitrogens is 2. The van der Waals surface area contributed by atoms with Gasteiger partial charge in [0.25, 0.3) is 5.78 Å². The van der Waals surface area contributed by atoms with Crippen LogP contribution < -0.4 is 14.4 Å². The first kappa shape index (κ1) is 26.7. The van der Waals surface area contributed by atoms with E-state index in [0.29, 0.717) is 37.7 Å². The highest BCUT2D eigenvalue weighted by Gasteiger charge is 2.48. The summed E-state index contributed by atoms with van der Waals surface area (Å²) in [6.07, 6.45) is 0. The highest BCUT2D eigenvalue weighted by atomic mass is 35.5. The Bertz CT molecular complexity index is 1560. The van der Waals surface area contributed by atoms with Crippen molar-refractivity contribution < 1.29 is 24.2 Å². The molecule has 1 atom stereocenters. The predicted octanol–water partition coefficient (Wildman–Crippen LogP) is 6.13. The van der Waals surface area contributed by atoms with Crippen LogP contribution in [0.25, 0.3) is 5.76 Å². The molecule has 0 saturated carbocycles. The van der Waals surface area contributed by atoms with E-state index >= 15 is 0 Å². The molecule has 1 N–H and O–H groups in total. The van der Waals surface area contributed by atoms with Crippen LogP contribution >= 0.6 is 34.7 Å². The van der Waals surface area contributed by atoms with Gasteiger partial charge in [-0.3, -0.25) is 14.5 Å². The van der Waals surface area contributed by atoms with Crippen LogP contribution in [0.4, 0.5) is 5.13 Å². The molecule has 39 heavy (non-hydrogen) atoms. The number of hydrogen-bond acceptors (Lipinski definition) is 9. The van der Waals surface area contributed by atoms with E-state index in [1.165, 1.54) is 42.2 Å². The third kappa shape index (κ3) is 5.36. The van der Waals surface area contributed by atoms with Crippen molar-refractivity contribution in [3.63, 3.8) is 0 Å². The molecule has 0 aliphatic carbocycles. The summed E-state index contributed by atoms with van der Waals surface area (Å²) in [7, 11) is 3.01. The largest absolute Gasteiger partial charge is 0.507 e. The number of hydrogen-bond donors (Lipinski definition) is 1. The van der Waals surface area contributed by atoms with Crippen LogP contribution in [0, 0.1) is 0 Å². The first-order valence-corrected chi connectivity index (χ1v) is 13.9. The third-order valence-electron chi connectivity index (χ3n) is 6.09. The lowest BCUT2D eigenvalue weighted by molar-refractivity contribution is -0.132. The molecule has 3 aromatic carbocycles. The highest BCUT2D eigenvalue weighted by molar-refractivity contribution is 8.00. The summed E-state index contributed by atoms with van der Waals surface area (Å²) in [5.74, 6) is -0.424. The van der Waals surface area contributed by atoms with Gasteiger partial charge in [-0.25, -0.2) is 0 Å². The fourth-order valence-corrected chi connectivity index (χ4v) is 6.16. The summed E-state index contributed by atoms with van der Waals surface area (Å²) >= 11 is 8.69. The zero-order chi connectivity index (χ0) is 27.5. The first-order chi connectivity index (χ1) is 18.9. The van der Waals surface area contributed by atoms with E-state index in [2.05, 4.69) is 10.2 Å². The molecule has 2 heterocycles. The standard InChI is InChI=1S/C28H22ClN3O5S2/c1-36-20-13-10-18(14-21(20)37-2)23-22(24(33)17-8-11-19(29)12-9-17)25(34)26(35)32(23)27-30-31-28(39-27)38-15-16-6-4-3-5-7-16/h3-14,23,33H,15H2,1-2H3/b24-22-. The number of carbonyl (C=O) groups is 2. The van der Waals surface area contributed by atoms with Crippen molar-refractivity contribution in [3.8, 4) is 11.5 Å². The molecule has 198 valence electrons. The Labute approximate surface area is 237 Å². The van der Waals surface area contributed by atoms with Crippen molar-refractivity contribution in [2.24, 2.45) is 0 Å². The predicted molar refractivity (Wildman–Crippen MR) is 152 cm³/mol. The number of ketones is 1. The summed E-state index contributed by atoms with van der Waals surface area (Å²) < 4.78 is 11.5. The number of ether oxygens (including phenoxy) is 2. The molecule has 1 fully saturated rings. The number of rotatable bonds is 8. The van der Waals surface area contributed by atoms with E-state index in [1.54, 1.807) is 42.5 Å². The molecular weight excluding hydrogens is 558 g/mol. The Balaban J connectivity index is 1.59. The van der Waals surface area contributed by atoms with E-state index < -0.39 is 17.7 Å². The number of aliphatic hydroxyl groups is 1. The second-order valence-corrected chi connectivity index (χ2v) is 11.0. The lowest BCUT2D eigenvalue weighted by Gasteiger charge is -2.23. The van der Waals surface area contributed by atoms with Crippen molar-refractivity contribution >= 4 is 57.3 Å². The highest BCUT2D eigenvalue weighted by Crippen LogP contribution is 2.45. The van der Waals surface area contributed by atoms with E-state index in [0.717, 1.165) is 5.56 Å². The molecule has 5 rings (SSSR count). The monoisotopic (exact) mass is 579 g/mol. The molecule has 1 unspecified atom stereocenters. The van der Waals surface area contributed by atoms with Gasteiger partial charge < -0.3 is 14.6 Å². The molecule has 1 amide bonds. The minimum atomic E-state index is -0.986. The SMILES string of the molecule is COc1ccc(C2/C(=C(/O)c3ccc(Cl)cc3)C(=O)C(=O)N2c2nnc(SCc3ccccc3)s2)cc1OC. The number of carbonyl (C=O) groups excluding carboxylic acids is 2. The molecule has 0 radical (unpaired) electrons. The summed E-state index contributed by atoms with van der Waals surface area (Å²) in [6, 6.07) is 20.3. The number of benzene rings is 3. The van der Waals surface area contributed by atoms with Gasteiger partial charge in [0.15, 0.2) is 15.8 Å². The maximum absolute atomic E-state index is 13.4. The molecule has 11 heteroatoms. The fourth-order valence-electron chi connectivity index (χ4n) is 4.21. The molecule has 0 spiro atoms. The number of methoxy groups -OCH3 is 2. The van der Waals surface area contributed by atoms with Crippen LogP contribution in [-0.2, 0) is 15.3 Å². The zero-order valence-electron chi connectivity index (χ0n) is 20.8. The normalized spacial score (nSPS) is 16.5. The molecule has 1 aromatic heterocycles. The van der Waals surface area contributed by atoms with E-state index in [4.69, 9.17) is 21.1 Å². The van der Waals surface area contributed by atoms with Gasteiger partial charge in [0.1, 0.15) is 5.76 Å². The lowest BCUT2D eigenvalue weighted by Crippen LogP contribution is -2.29. The summed E-state index contributed by atoms with van der Waals surface area (Å²) in [4.78, 5) is 28.1. The summed E-state index contributed by atoms with van der Waals surface area (Å²) in [6.45, 7) is 0. The van der Waals surface area contributed by atoms with Crippen LogP contribution in [0.5, 0.6) is 11.5 Å². The minimum absolute atomic E-state index is 0.0803. The van der Waals surface area contributed by atoms with Crippen LogP contribution in [0.1, 0.15) is 22.7 Å². The Kier molecular flexibility index (Phi) is 7.87. The van der Waals surface area contributed by atoms with E-state index in [1.807, 2.05) is 30.3 Å². The van der Waals surface area contributed by atoms with Crippen LogP contribution in [-0.4, -0.2) is 41.2 Å². The van der Waals surface area contributed by atoms with Gasteiger partial charge >= 0.3 is 5.91 Å². The van der Waals surface area contributed by atoms with Crippen molar-refractivity contribution in [2.75, 3.05) is 19.1 Å². The number of anilines is 1. The van der Waals surface area contributed by atoms with E-state index in [-0.39, 0.29) is 16.5 Å². The van der Waals surface area contributed by atoms with Gasteiger partial charge in [0, 0.05) is 16.3 Å². The molecule has 0 bridgehead atoms. The minimum Gasteiger partial charge on any atom is -0.507 e. The Morgan fingerprint density at radius 3 is 2.41 bits per heavy atom. The van der Waals surface area contributed by atoms with E-state index in [9.17, 15) is 14.7 Å². The summed E-state index contributed by atoms with van der Waals surface area (Å²) in [5.41, 5.74) is 1.91. The van der Waals surface area contributed by atoms with Crippen molar-refractivity contribution in [1.29, 1.82) is 0 Å². The van der Waals surface area contributed by atoms with Gasteiger partial charge in [-0.05, 0) is 47.5 Å². The maximum atomic E-state index is 13.4. The Hall–Kier alpha value is -3.86. The average Bonchev–Trinajstić information content (AvgIpc) is 3.54. The van der Waals surface area contributed by atoms with Crippen molar-refractivity contribution in [1.82, 2.24) is 10.2 Å². The fraction of sp³-hybridized carbons (Fsp3) is 0.143. The first-order valence-electron chi connectivity index (χ1n) is 11.7. The topological polar surface area (TPSA) is 102 Å². The second-order valence-electron chi connectivity index (χ2n) is 8.42. The van der Waals surface area contributed by atoms with Gasteiger partial charge in [-0.2, -0.15) is 0 Å². The number of halogens is 1. The van der Waals surface area contributed by atoms with Crippen molar-refractivity contribution in [3.05, 3.63) is 100 Å². The van der Waals surface area contributed by atoms with Crippen LogP contribution in [0.3, 0.4) is 0 Å². The average molecular weight is 580 g/mol. The number of thioether (sulfide) groups is 1. The number of aliphatic hydroxyl groups excluding tert-OH is 1. The number of Topliss-reactive ketones (excluding diaryl/α,β-unsaturated/α-hetero) is 1. The van der Waals surface area contributed by atoms with Gasteiger partial charge in [0.05, 0.1) is 25.8 Å². The third-order valence-corrected chi connectivity index (χ3v) is 8.47. The molecule has 4 aromatic rings. The number of amides is 1. The quantitative estimate of drug-likeness (QED) is 0.0875. The van der Waals surface area contributed by atoms with Gasteiger partial charge in [-0.1, -0.05) is 71.1 Å². The van der Waals surface area contributed by atoms with Crippen LogP contribution in [0.15, 0.2) is 82.7 Å². The summed E-state index contributed by atoms with van der Waals surface area (Å²) in [5, 5.41) is 20.5. The molecule has 1 aliphatic heterocycles. The Morgan fingerprint density at radius 1 is 1.00 bits per heavy atom. The molecule has 8 nitrogen and oxygen atoms in total. The molecule has 1 saturated heterocycles. The van der Waals surface area contributed by atoms with Gasteiger partial charge in [0.2, 0.25) is 5.13 Å². The molecular formula is C28H22ClN3O5S2. The van der Waals surface area contributed by atoms with Gasteiger partial charge in [-0.15, -0.1) is 10.2 Å². The Morgan fingerprint density at radius 2 is 1.72 bits per heavy atom. The van der Waals surface area contributed by atoms with Crippen LogP contribution in [0.2, 0.25) is 5.02 Å². The smallest absolute Gasteiger partial charge is 0.301 e. The maximum Gasteiger partial charge on any atom is 0.301 e. The zero-order valence-corrected chi connectivity index (χ0v) is 23.2. The number of nitrogens with zero attached hydrogens (tertiary/aromatic N) is 3. The lowest BCUT2D eigenvalue weighted by atomic mass is 9.95. The second kappa shape index (κ2) is 11.5. The van der Waals surface area contributed by atoms with Crippen molar-refractivity contribution in [2.45, 2.75) is 16.1 Å².